The fourth-order valence-electron chi connectivity index (χ4n) is 1.04. The van der Waals surface area contributed by atoms with Crippen LogP contribution in [0.25, 0.3) is 0 Å². The molecule has 0 saturated heterocycles. The van der Waals surface area contributed by atoms with Gasteiger partial charge < -0.3 is 31.3 Å². The highest BCUT2D eigenvalue weighted by Crippen LogP contribution is 2.10. The van der Waals surface area contributed by atoms with E-state index in [1.54, 1.807) is 0 Å². The zero-order chi connectivity index (χ0) is 11.1. The highest BCUT2D eigenvalue weighted by atomic mass is 35.5. The van der Waals surface area contributed by atoms with Crippen molar-refractivity contribution in [2.24, 2.45) is 11.5 Å². The molecule has 0 saturated carbocycles. The normalized spacial score (nSPS) is 10.6. The van der Waals surface area contributed by atoms with Gasteiger partial charge in [0.2, 0.25) is 0 Å². The summed E-state index contributed by atoms with van der Waals surface area (Å²) in [5, 5.41) is 21.1. The smallest absolute Gasteiger partial charge is 0.0678 e. The summed E-state index contributed by atoms with van der Waals surface area (Å²) in [6, 6.07) is 0. The first-order valence-corrected chi connectivity index (χ1v) is 4.09. The fourth-order valence-corrected chi connectivity index (χ4v) is 1.04. The van der Waals surface area contributed by atoms with E-state index in [2.05, 4.69) is 0 Å². The van der Waals surface area contributed by atoms with Crippen LogP contribution in [0, 0.1) is 0 Å². The monoisotopic (exact) mass is 272 g/mol. The maximum atomic E-state index is 10.6. The summed E-state index contributed by atoms with van der Waals surface area (Å²) in [6.07, 6.45) is -0.128. The first kappa shape index (κ1) is 20.6. The van der Waals surface area contributed by atoms with E-state index < -0.39 is 11.9 Å². The lowest BCUT2D eigenvalue weighted by Gasteiger charge is -2.16. The number of carboxylic acids is 2. The third-order valence-electron chi connectivity index (χ3n) is 1.65. The molecule has 0 fully saturated rings. The van der Waals surface area contributed by atoms with Gasteiger partial charge in [-0.3, -0.25) is 0 Å². The van der Waals surface area contributed by atoms with Crippen molar-refractivity contribution in [2.45, 2.75) is 12.8 Å². The molecule has 0 aliphatic rings. The number of hydrogen-bond acceptors (Lipinski definition) is 6. The van der Waals surface area contributed by atoms with Gasteiger partial charge in [0.25, 0.3) is 0 Å². The van der Waals surface area contributed by atoms with Crippen molar-refractivity contribution in [1.82, 2.24) is 0 Å². The number of carbonyl (C=O) groups excluding carboxylic acids is 2. The molecular weight excluding hydrogens is 259 g/mol. The molecule has 0 aromatic rings. The van der Waals surface area contributed by atoms with Gasteiger partial charge in [-0.05, 0) is 37.1 Å². The van der Waals surface area contributed by atoms with Crippen LogP contribution in [0.5, 0.6) is 0 Å². The Kier molecular flexibility index (Phi) is 13.7. The molecule has 0 bridgehead atoms. The second-order valence-electron chi connectivity index (χ2n) is 2.61. The van der Waals surface area contributed by atoms with E-state index in [9.17, 15) is 19.8 Å². The second-order valence-corrected chi connectivity index (χ2v) is 2.61. The maximum Gasteiger partial charge on any atom is 0.0678 e. The van der Waals surface area contributed by atoms with Crippen LogP contribution in [0.3, 0.4) is 0 Å². The Morgan fingerprint density at radius 1 is 0.812 bits per heavy atom. The first-order chi connectivity index (χ1) is 6.54. The Hall–Kier alpha value is -0.820. The molecule has 0 atom stereocenters. The minimum Gasteiger partial charge on any atom is -0.545 e. The SMILES string of the molecule is Cl.Cl.NCC/C(C(=O)[O-])=C(/CCN)C(=O)[O-]. The predicted molar refractivity (Wildman–Crippen MR) is 58.9 cm³/mol. The van der Waals surface area contributed by atoms with Crippen molar-refractivity contribution in [3.8, 4) is 0 Å². The zero-order valence-corrected chi connectivity index (χ0v) is 10.1. The predicted octanol–water partition coefficient (Wildman–Crippen LogP) is -2.68. The third-order valence-corrected chi connectivity index (χ3v) is 1.65. The number of halogens is 2. The molecule has 0 amide bonds. The number of rotatable bonds is 6. The van der Waals surface area contributed by atoms with E-state index in [4.69, 9.17) is 11.5 Å². The Balaban J connectivity index is -0.000000845. The average Bonchev–Trinajstić information content (AvgIpc) is 2.10. The number of nitrogens with two attached hydrogens (primary N) is 2. The molecule has 0 rings (SSSR count). The third kappa shape index (κ3) is 6.62. The van der Waals surface area contributed by atoms with Gasteiger partial charge in [0.15, 0.2) is 0 Å². The Morgan fingerprint density at radius 3 is 1.19 bits per heavy atom. The van der Waals surface area contributed by atoms with Gasteiger partial charge in [-0.2, -0.15) is 0 Å². The molecule has 16 heavy (non-hydrogen) atoms. The molecule has 0 aromatic carbocycles. The Labute approximate surface area is 106 Å². The molecule has 0 radical (unpaired) electrons. The minimum absolute atomic E-state index is 0. The number of hydrogen-bond donors (Lipinski definition) is 2. The molecule has 4 N–H and O–H groups in total. The van der Waals surface area contributed by atoms with Crippen LogP contribution in [0.2, 0.25) is 0 Å². The molecule has 0 spiro atoms. The molecule has 6 nitrogen and oxygen atoms in total. The summed E-state index contributed by atoms with van der Waals surface area (Å²) in [5.74, 6) is -3.08. The van der Waals surface area contributed by atoms with Crippen LogP contribution < -0.4 is 21.7 Å². The summed E-state index contributed by atoms with van der Waals surface area (Å²) in [4.78, 5) is 21.1. The van der Waals surface area contributed by atoms with Crippen molar-refractivity contribution in [3.63, 3.8) is 0 Å². The molecule has 96 valence electrons. The standard InChI is InChI=1S/C8H14N2O4.2ClH/c9-3-1-5(7(11)12)6(2-4-10)8(13)14;;/h1-4,9-10H2,(H,11,12)(H,13,14);2*1H/p-2/b6-5+;;. The second kappa shape index (κ2) is 10.7. The zero-order valence-electron chi connectivity index (χ0n) is 8.43. The summed E-state index contributed by atoms with van der Waals surface area (Å²) in [7, 11) is 0. The lowest BCUT2D eigenvalue weighted by Crippen LogP contribution is -2.33. The van der Waals surface area contributed by atoms with Crippen LogP contribution in [-0.2, 0) is 9.59 Å². The van der Waals surface area contributed by atoms with Crippen molar-refractivity contribution in [1.29, 1.82) is 0 Å². The van der Waals surface area contributed by atoms with Crippen LogP contribution in [0.4, 0.5) is 0 Å². The summed E-state index contributed by atoms with van der Waals surface area (Å²) in [5.41, 5.74) is 9.59. The highest BCUT2D eigenvalue weighted by molar-refractivity contribution is 5.97. The van der Waals surface area contributed by atoms with E-state index in [1.807, 2.05) is 0 Å². The van der Waals surface area contributed by atoms with Gasteiger partial charge in [-0.25, -0.2) is 0 Å². The van der Waals surface area contributed by atoms with Gasteiger partial charge in [-0.15, -0.1) is 24.8 Å². The molecule has 0 aromatic heterocycles. The van der Waals surface area contributed by atoms with Gasteiger partial charge in [-0.1, -0.05) is 0 Å². The molecule has 0 aliphatic heterocycles. The van der Waals surface area contributed by atoms with Crippen molar-refractivity contribution >= 4 is 36.8 Å². The van der Waals surface area contributed by atoms with Crippen LogP contribution in [0.15, 0.2) is 11.1 Å². The minimum atomic E-state index is -1.54. The average molecular weight is 273 g/mol. The summed E-state index contributed by atoms with van der Waals surface area (Å²) in [6.45, 7) is 0.0648. The van der Waals surface area contributed by atoms with Gasteiger partial charge >= 0.3 is 0 Å². The van der Waals surface area contributed by atoms with E-state index in [-0.39, 0.29) is 61.9 Å². The lowest BCUT2D eigenvalue weighted by atomic mass is 10.0. The molecule has 0 heterocycles. The van der Waals surface area contributed by atoms with E-state index in [0.717, 1.165) is 0 Å². The van der Waals surface area contributed by atoms with Gasteiger partial charge in [0.1, 0.15) is 0 Å². The van der Waals surface area contributed by atoms with Gasteiger partial charge in [0, 0.05) is 0 Å². The summed E-state index contributed by atoms with van der Waals surface area (Å²) < 4.78 is 0. The van der Waals surface area contributed by atoms with E-state index in [1.165, 1.54) is 0 Å². The first-order valence-electron chi connectivity index (χ1n) is 4.09. The number of carbonyl (C=O) groups is 2. The van der Waals surface area contributed by atoms with Crippen molar-refractivity contribution in [3.05, 3.63) is 11.1 Å². The quantitative estimate of drug-likeness (QED) is 0.507. The topological polar surface area (TPSA) is 132 Å². The number of carboxylic acid groups (broad SMARTS) is 2. The van der Waals surface area contributed by atoms with Gasteiger partial charge in [0.05, 0.1) is 11.9 Å². The maximum absolute atomic E-state index is 10.6. The highest BCUT2D eigenvalue weighted by Gasteiger charge is 2.07. The molecule has 0 aliphatic carbocycles. The number of aliphatic carboxylic acids is 2. The van der Waals surface area contributed by atoms with Crippen molar-refractivity contribution in [2.75, 3.05) is 13.1 Å². The molecule has 8 heteroatoms. The van der Waals surface area contributed by atoms with E-state index in [0.29, 0.717) is 0 Å². The fraction of sp³-hybridized carbons (Fsp3) is 0.500. The van der Waals surface area contributed by atoms with Crippen molar-refractivity contribution < 1.29 is 19.8 Å². The van der Waals surface area contributed by atoms with Crippen LogP contribution in [0.1, 0.15) is 12.8 Å². The Morgan fingerprint density at radius 2 is 1.06 bits per heavy atom. The molecular formula is C8H14Cl2N2O4-2. The van der Waals surface area contributed by atoms with Crippen LogP contribution >= 0.6 is 24.8 Å². The largest absolute Gasteiger partial charge is 0.545 e. The van der Waals surface area contributed by atoms with E-state index >= 15 is 0 Å². The molecule has 0 unspecified atom stereocenters. The summed E-state index contributed by atoms with van der Waals surface area (Å²) >= 11 is 0. The Bertz CT molecular complexity index is 243. The lowest BCUT2D eigenvalue weighted by molar-refractivity contribution is -0.304. The van der Waals surface area contributed by atoms with Crippen LogP contribution in [-0.4, -0.2) is 25.0 Å².